The smallest absolute Gasteiger partial charge is 0.268 e. The van der Waals surface area contributed by atoms with Crippen molar-refractivity contribution in [3.8, 4) is 0 Å². The second-order valence-electron chi connectivity index (χ2n) is 5.82. The first-order chi connectivity index (χ1) is 12.0. The molecule has 0 radical (unpaired) electrons. The lowest BCUT2D eigenvalue weighted by atomic mass is 10.1. The lowest BCUT2D eigenvalue weighted by Gasteiger charge is -2.16. The highest BCUT2D eigenvalue weighted by Crippen LogP contribution is 2.20. The number of nitrogens with zero attached hydrogens (tertiary/aromatic N) is 2. The largest absolute Gasteiger partial charge is 0.368 e. The number of rotatable bonds is 6. The normalized spacial score (nSPS) is 12.8. The first kappa shape index (κ1) is 20.1. The Labute approximate surface area is 160 Å². The lowest BCUT2D eigenvalue weighted by Crippen LogP contribution is -2.38. The van der Waals surface area contributed by atoms with Crippen LogP contribution in [0.15, 0.2) is 45.9 Å². The number of primary amides is 1. The number of sulfonamides is 1. The summed E-state index contributed by atoms with van der Waals surface area (Å²) in [4.78, 5) is 24.4. The molecule has 2 rings (SSSR count). The number of halogens is 1. The van der Waals surface area contributed by atoms with Crippen LogP contribution in [0.25, 0.3) is 0 Å². The summed E-state index contributed by atoms with van der Waals surface area (Å²) in [5, 5.41) is 2.55. The average Bonchev–Trinajstić information content (AvgIpc) is 2.94. The van der Waals surface area contributed by atoms with Crippen molar-refractivity contribution in [1.82, 2.24) is 14.2 Å². The molecule has 3 N–H and O–H groups in total. The molecular formula is C16H19BrN4O4S. The fourth-order valence-corrected chi connectivity index (χ4v) is 3.71. The zero-order valence-electron chi connectivity index (χ0n) is 14.4. The van der Waals surface area contributed by atoms with Crippen LogP contribution in [-0.4, -0.2) is 43.2 Å². The summed E-state index contributed by atoms with van der Waals surface area (Å²) in [7, 11) is 0.666. The van der Waals surface area contributed by atoms with E-state index in [0.29, 0.717) is 5.56 Å². The van der Waals surface area contributed by atoms with Crippen LogP contribution in [0.5, 0.6) is 0 Å². The summed E-state index contributed by atoms with van der Waals surface area (Å²) >= 11 is 3.30. The Morgan fingerprint density at radius 1 is 1.27 bits per heavy atom. The standard InChI is InChI=1S/C16H19BrN4O4S/c1-20(2)26(24,25)12-8-13(21(3)9-12)16(23)19-14(15(18)22)10-5-4-6-11(17)7-10/h4-9,14H,1-3H3,(H2,18,22)(H,19,23). The van der Waals surface area contributed by atoms with Gasteiger partial charge in [0.1, 0.15) is 16.6 Å². The highest BCUT2D eigenvalue weighted by molar-refractivity contribution is 9.10. The molecule has 1 aromatic heterocycles. The predicted molar refractivity (Wildman–Crippen MR) is 99.8 cm³/mol. The Kier molecular flexibility index (Phi) is 5.89. The third kappa shape index (κ3) is 4.14. The van der Waals surface area contributed by atoms with Gasteiger partial charge in [-0.25, -0.2) is 12.7 Å². The van der Waals surface area contributed by atoms with Gasteiger partial charge in [-0.1, -0.05) is 28.1 Å². The van der Waals surface area contributed by atoms with Crippen LogP contribution >= 0.6 is 15.9 Å². The van der Waals surface area contributed by atoms with Crippen LogP contribution in [0.4, 0.5) is 0 Å². The first-order valence-corrected chi connectivity index (χ1v) is 9.72. The molecule has 2 aromatic rings. The van der Waals surface area contributed by atoms with Crippen LogP contribution in [0.1, 0.15) is 22.1 Å². The van der Waals surface area contributed by atoms with E-state index < -0.39 is 27.9 Å². The van der Waals surface area contributed by atoms with Gasteiger partial charge in [-0.05, 0) is 23.8 Å². The number of hydrogen-bond donors (Lipinski definition) is 2. The van der Waals surface area contributed by atoms with Crippen LogP contribution in [0, 0.1) is 0 Å². The van der Waals surface area contributed by atoms with Crippen molar-refractivity contribution in [2.45, 2.75) is 10.9 Å². The van der Waals surface area contributed by atoms with Crippen molar-refractivity contribution < 1.29 is 18.0 Å². The summed E-state index contributed by atoms with van der Waals surface area (Å²) in [6.45, 7) is 0. The number of nitrogens with one attached hydrogen (secondary N) is 1. The third-order valence-corrected chi connectivity index (χ3v) is 6.01. The Balaban J connectivity index is 2.34. The van der Waals surface area contributed by atoms with Gasteiger partial charge in [0.15, 0.2) is 0 Å². The summed E-state index contributed by atoms with van der Waals surface area (Å²) in [6, 6.07) is 7.02. The van der Waals surface area contributed by atoms with Gasteiger partial charge in [0, 0.05) is 31.8 Å². The van der Waals surface area contributed by atoms with Gasteiger partial charge in [0.05, 0.1) is 0 Å². The molecule has 0 saturated carbocycles. The minimum absolute atomic E-state index is 0.0202. The van der Waals surface area contributed by atoms with Crippen molar-refractivity contribution in [3.05, 3.63) is 52.3 Å². The number of hydrogen-bond acceptors (Lipinski definition) is 4. The zero-order valence-corrected chi connectivity index (χ0v) is 16.8. The number of carbonyl (C=O) groups excluding carboxylic acids is 2. The number of nitrogens with two attached hydrogens (primary N) is 1. The van der Waals surface area contributed by atoms with Crippen molar-refractivity contribution >= 4 is 37.8 Å². The Morgan fingerprint density at radius 2 is 1.92 bits per heavy atom. The van der Waals surface area contributed by atoms with Gasteiger partial charge < -0.3 is 15.6 Å². The molecule has 140 valence electrons. The molecule has 8 nitrogen and oxygen atoms in total. The molecule has 1 atom stereocenters. The van der Waals surface area contributed by atoms with E-state index in [4.69, 9.17) is 5.73 Å². The molecule has 0 aliphatic heterocycles. The quantitative estimate of drug-likeness (QED) is 0.693. The molecular weight excluding hydrogens is 424 g/mol. The molecule has 1 unspecified atom stereocenters. The van der Waals surface area contributed by atoms with Gasteiger partial charge in [-0.2, -0.15) is 0 Å². The van der Waals surface area contributed by atoms with Crippen LogP contribution < -0.4 is 11.1 Å². The van der Waals surface area contributed by atoms with Gasteiger partial charge in [0.2, 0.25) is 15.9 Å². The molecule has 1 heterocycles. The van der Waals surface area contributed by atoms with Gasteiger partial charge in [-0.3, -0.25) is 9.59 Å². The minimum Gasteiger partial charge on any atom is -0.368 e. The van der Waals surface area contributed by atoms with E-state index in [9.17, 15) is 18.0 Å². The van der Waals surface area contributed by atoms with Crippen LogP contribution in [-0.2, 0) is 21.9 Å². The van der Waals surface area contributed by atoms with E-state index in [1.165, 1.54) is 30.9 Å². The van der Waals surface area contributed by atoms with E-state index in [-0.39, 0.29) is 10.6 Å². The van der Waals surface area contributed by atoms with Gasteiger partial charge in [-0.15, -0.1) is 0 Å². The van der Waals surface area contributed by atoms with Gasteiger partial charge >= 0.3 is 0 Å². The van der Waals surface area contributed by atoms with Crippen molar-refractivity contribution in [2.75, 3.05) is 14.1 Å². The fraction of sp³-hybridized carbons (Fsp3) is 0.250. The SMILES string of the molecule is CN(C)S(=O)(=O)c1cc(C(=O)NC(C(N)=O)c2cccc(Br)c2)n(C)c1. The fourth-order valence-electron chi connectivity index (χ4n) is 2.32. The summed E-state index contributed by atoms with van der Waals surface area (Å²) in [5.41, 5.74) is 6.02. The maximum atomic E-state index is 12.6. The maximum Gasteiger partial charge on any atom is 0.268 e. The molecule has 26 heavy (non-hydrogen) atoms. The van der Waals surface area contributed by atoms with E-state index >= 15 is 0 Å². The predicted octanol–water partition coefficient (Wildman–Crippen LogP) is 0.994. The van der Waals surface area contributed by atoms with E-state index in [1.54, 1.807) is 31.3 Å². The van der Waals surface area contributed by atoms with Crippen molar-refractivity contribution in [2.24, 2.45) is 12.8 Å². The Morgan fingerprint density at radius 3 is 2.46 bits per heavy atom. The lowest BCUT2D eigenvalue weighted by molar-refractivity contribution is -0.120. The molecule has 0 saturated heterocycles. The summed E-state index contributed by atoms with van der Waals surface area (Å²) in [5.74, 6) is -1.34. The Hall–Kier alpha value is -2.17. The van der Waals surface area contributed by atoms with Gasteiger partial charge in [0.25, 0.3) is 5.91 Å². The summed E-state index contributed by atoms with van der Waals surface area (Å²) in [6.07, 6.45) is 1.34. The van der Waals surface area contributed by atoms with Crippen molar-refractivity contribution in [3.63, 3.8) is 0 Å². The zero-order chi connectivity index (χ0) is 19.6. The van der Waals surface area contributed by atoms with Crippen LogP contribution in [0.2, 0.25) is 0 Å². The summed E-state index contributed by atoms with van der Waals surface area (Å²) < 4.78 is 27.6. The van der Waals surface area contributed by atoms with E-state index in [1.807, 2.05) is 0 Å². The second-order valence-corrected chi connectivity index (χ2v) is 8.89. The first-order valence-electron chi connectivity index (χ1n) is 7.48. The molecule has 1 aromatic carbocycles. The number of benzene rings is 1. The highest BCUT2D eigenvalue weighted by atomic mass is 79.9. The second kappa shape index (κ2) is 7.60. The molecule has 10 heteroatoms. The molecule has 0 aliphatic carbocycles. The highest BCUT2D eigenvalue weighted by Gasteiger charge is 2.26. The Bertz CT molecular complexity index is 953. The number of aryl methyl sites for hydroxylation is 1. The average molecular weight is 443 g/mol. The molecule has 0 aliphatic rings. The number of aromatic nitrogens is 1. The number of amides is 2. The number of carbonyl (C=O) groups is 2. The van der Waals surface area contributed by atoms with E-state index in [2.05, 4.69) is 21.2 Å². The minimum atomic E-state index is -3.68. The monoisotopic (exact) mass is 442 g/mol. The molecule has 0 spiro atoms. The molecule has 0 fully saturated rings. The molecule has 2 amide bonds. The van der Waals surface area contributed by atoms with Crippen molar-refractivity contribution in [1.29, 1.82) is 0 Å². The third-order valence-electron chi connectivity index (χ3n) is 3.73. The molecule has 0 bridgehead atoms. The van der Waals surface area contributed by atoms with E-state index in [0.717, 1.165) is 8.78 Å². The maximum absolute atomic E-state index is 12.6. The topological polar surface area (TPSA) is 114 Å². The van der Waals surface area contributed by atoms with Crippen LogP contribution in [0.3, 0.4) is 0 Å².